The quantitative estimate of drug-likeness (QED) is 0.394. The number of rotatable bonds is 2. The van der Waals surface area contributed by atoms with E-state index in [4.69, 9.17) is 11.6 Å². The maximum absolute atomic E-state index is 12.5. The summed E-state index contributed by atoms with van der Waals surface area (Å²) in [7, 11) is 2.76. The van der Waals surface area contributed by atoms with Crippen molar-refractivity contribution >= 4 is 28.5 Å². The Labute approximate surface area is 133 Å². The molecule has 2 heterocycles. The molecule has 0 aliphatic rings. The highest BCUT2D eigenvalue weighted by Gasteiger charge is 2.23. The minimum Gasteiger partial charge on any atom is -0.279 e. The molecule has 0 bridgehead atoms. The summed E-state index contributed by atoms with van der Waals surface area (Å²) in [6.45, 7) is 0. The number of nitro benzene ring substituents is 1. The number of hydrogen-bond donors (Lipinski definition) is 0. The molecule has 2 aromatic heterocycles. The van der Waals surface area contributed by atoms with Crippen molar-refractivity contribution < 1.29 is 4.92 Å². The zero-order chi connectivity index (χ0) is 16.9. The molecule has 118 valence electrons. The van der Waals surface area contributed by atoms with Crippen LogP contribution in [-0.4, -0.2) is 23.6 Å². The van der Waals surface area contributed by atoms with Gasteiger partial charge in [-0.2, -0.15) is 4.98 Å². The van der Waals surface area contributed by atoms with Gasteiger partial charge in [-0.25, -0.2) is 4.79 Å². The van der Waals surface area contributed by atoms with Gasteiger partial charge >= 0.3 is 5.69 Å². The Bertz CT molecular complexity index is 1080. The molecule has 0 spiro atoms. The van der Waals surface area contributed by atoms with Crippen molar-refractivity contribution in [1.82, 2.24) is 18.7 Å². The molecule has 0 fully saturated rings. The van der Waals surface area contributed by atoms with Crippen molar-refractivity contribution in [2.45, 2.75) is 0 Å². The van der Waals surface area contributed by atoms with E-state index in [0.29, 0.717) is 0 Å². The summed E-state index contributed by atoms with van der Waals surface area (Å²) in [6.07, 6.45) is 0. The monoisotopic (exact) mass is 335 g/mol. The largest absolute Gasteiger partial charge is 0.332 e. The number of imidazole rings is 1. The number of aromatic nitrogens is 4. The van der Waals surface area contributed by atoms with E-state index in [2.05, 4.69) is 4.98 Å². The highest BCUT2D eigenvalue weighted by atomic mass is 35.5. The Morgan fingerprint density at radius 1 is 1.17 bits per heavy atom. The van der Waals surface area contributed by atoms with Crippen molar-refractivity contribution in [1.29, 1.82) is 0 Å². The van der Waals surface area contributed by atoms with Crippen LogP contribution < -0.4 is 11.2 Å². The van der Waals surface area contributed by atoms with Crippen molar-refractivity contribution in [2.24, 2.45) is 14.1 Å². The molecular weight excluding hydrogens is 326 g/mol. The average molecular weight is 336 g/mol. The molecule has 0 aliphatic heterocycles. The molecule has 0 unspecified atom stereocenters. The van der Waals surface area contributed by atoms with Crippen LogP contribution in [0, 0.1) is 10.1 Å². The van der Waals surface area contributed by atoms with Crippen LogP contribution in [-0.2, 0) is 14.1 Å². The van der Waals surface area contributed by atoms with Gasteiger partial charge in [0, 0.05) is 20.2 Å². The van der Waals surface area contributed by atoms with Gasteiger partial charge < -0.3 is 0 Å². The predicted molar refractivity (Wildman–Crippen MR) is 83.2 cm³/mol. The Balaban J connectivity index is 2.55. The Hall–Kier alpha value is -2.94. The maximum Gasteiger partial charge on any atom is 0.332 e. The summed E-state index contributed by atoms with van der Waals surface area (Å²) in [5.41, 5.74) is -1.28. The van der Waals surface area contributed by atoms with E-state index in [1.807, 2.05) is 0 Å². The Kier molecular flexibility index (Phi) is 3.29. The normalized spacial score (nSPS) is 11.1. The molecule has 0 aliphatic carbocycles. The first-order valence-electron chi connectivity index (χ1n) is 6.42. The SMILES string of the molecule is Cn1c(=O)c2c(nc(Cl)n2-c2ccccc2[N+](=O)[O-])n(C)c1=O. The third kappa shape index (κ3) is 2.05. The number of nitrogens with zero attached hydrogens (tertiary/aromatic N) is 5. The molecule has 3 aromatic rings. The lowest BCUT2D eigenvalue weighted by Gasteiger charge is -2.07. The van der Waals surface area contributed by atoms with Crippen molar-refractivity contribution in [3.8, 4) is 5.69 Å². The fourth-order valence-electron chi connectivity index (χ4n) is 2.40. The van der Waals surface area contributed by atoms with E-state index in [0.717, 1.165) is 9.13 Å². The first-order valence-corrected chi connectivity index (χ1v) is 6.80. The first kappa shape index (κ1) is 15.0. The van der Waals surface area contributed by atoms with Crippen LogP contribution in [0.1, 0.15) is 0 Å². The summed E-state index contributed by atoms with van der Waals surface area (Å²) in [6, 6.07) is 5.83. The molecule has 0 atom stereocenters. The molecule has 0 amide bonds. The van der Waals surface area contributed by atoms with Crippen LogP contribution >= 0.6 is 11.6 Å². The number of nitro groups is 1. The van der Waals surface area contributed by atoms with Gasteiger partial charge in [-0.3, -0.25) is 28.6 Å². The Morgan fingerprint density at radius 2 is 1.83 bits per heavy atom. The molecule has 3 rings (SSSR count). The second-order valence-electron chi connectivity index (χ2n) is 4.84. The molecule has 10 heteroatoms. The third-order valence-electron chi connectivity index (χ3n) is 3.54. The number of fused-ring (bicyclic) bond motifs is 1. The number of benzene rings is 1. The van der Waals surface area contributed by atoms with E-state index < -0.39 is 16.2 Å². The lowest BCUT2D eigenvalue weighted by atomic mass is 10.2. The summed E-state index contributed by atoms with van der Waals surface area (Å²) < 4.78 is 3.23. The lowest BCUT2D eigenvalue weighted by molar-refractivity contribution is -0.384. The summed E-state index contributed by atoms with van der Waals surface area (Å²) in [5.74, 6) is 0. The van der Waals surface area contributed by atoms with E-state index >= 15 is 0 Å². The van der Waals surface area contributed by atoms with E-state index in [1.54, 1.807) is 6.07 Å². The van der Waals surface area contributed by atoms with Crippen LogP contribution in [0.25, 0.3) is 16.9 Å². The minimum atomic E-state index is -0.638. The fraction of sp³-hybridized carbons (Fsp3) is 0.154. The van der Waals surface area contributed by atoms with Gasteiger partial charge in [0.1, 0.15) is 5.69 Å². The molecule has 0 radical (unpaired) electrons. The van der Waals surface area contributed by atoms with Crippen LogP contribution in [0.3, 0.4) is 0 Å². The smallest absolute Gasteiger partial charge is 0.279 e. The fourth-order valence-corrected chi connectivity index (χ4v) is 2.65. The van der Waals surface area contributed by atoms with Gasteiger partial charge in [-0.1, -0.05) is 12.1 Å². The zero-order valence-electron chi connectivity index (χ0n) is 12.1. The summed E-state index contributed by atoms with van der Waals surface area (Å²) >= 11 is 6.09. The standard InChI is InChI=1S/C13H10ClN5O4/c1-16-10-9(11(20)17(2)13(16)21)18(12(14)15-10)7-5-3-4-6-8(7)19(22)23/h3-6H,1-2H3. The van der Waals surface area contributed by atoms with Gasteiger partial charge in [0.25, 0.3) is 11.2 Å². The second kappa shape index (κ2) is 5.06. The van der Waals surface area contributed by atoms with Crippen LogP contribution in [0.4, 0.5) is 5.69 Å². The topological polar surface area (TPSA) is 105 Å². The van der Waals surface area contributed by atoms with E-state index in [9.17, 15) is 19.7 Å². The van der Waals surface area contributed by atoms with Gasteiger partial charge in [0.15, 0.2) is 11.2 Å². The molecule has 0 saturated carbocycles. The molecule has 0 saturated heterocycles. The van der Waals surface area contributed by atoms with E-state index in [1.165, 1.54) is 36.9 Å². The number of hydrogen-bond acceptors (Lipinski definition) is 5. The third-order valence-corrected chi connectivity index (χ3v) is 3.79. The zero-order valence-corrected chi connectivity index (χ0v) is 12.8. The van der Waals surface area contributed by atoms with Crippen LogP contribution in [0.15, 0.2) is 33.9 Å². The second-order valence-corrected chi connectivity index (χ2v) is 5.18. The summed E-state index contributed by atoms with van der Waals surface area (Å²) in [4.78, 5) is 39.1. The minimum absolute atomic E-state index is 0.00565. The van der Waals surface area contributed by atoms with Crippen LogP contribution in [0.5, 0.6) is 0 Å². The van der Waals surface area contributed by atoms with Crippen molar-refractivity contribution in [3.05, 3.63) is 60.5 Å². The number of para-hydroxylation sites is 2. The van der Waals surface area contributed by atoms with Gasteiger partial charge in [0.05, 0.1) is 4.92 Å². The molecular formula is C13H10ClN5O4. The lowest BCUT2D eigenvalue weighted by Crippen LogP contribution is -2.37. The van der Waals surface area contributed by atoms with Crippen LogP contribution in [0.2, 0.25) is 5.28 Å². The molecule has 9 nitrogen and oxygen atoms in total. The highest BCUT2D eigenvalue weighted by molar-refractivity contribution is 6.29. The first-order chi connectivity index (χ1) is 10.8. The molecule has 23 heavy (non-hydrogen) atoms. The van der Waals surface area contributed by atoms with Gasteiger partial charge in [0.2, 0.25) is 5.28 Å². The molecule has 1 aromatic carbocycles. The van der Waals surface area contributed by atoms with Crippen molar-refractivity contribution in [3.63, 3.8) is 0 Å². The highest BCUT2D eigenvalue weighted by Crippen LogP contribution is 2.28. The van der Waals surface area contributed by atoms with Gasteiger partial charge in [-0.15, -0.1) is 0 Å². The predicted octanol–water partition coefficient (Wildman–Crippen LogP) is 0.984. The van der Waals surface area contributed by atoms with Gasteiger partial charge in [-0.05, 0) is 17.7 Å². The number of halogens is 1. The maximum atomic E-state index is 12.5. The Morgan fingerprint density at radius 3 is 2.48 bits per heavy atom. The average Bonchev–Trinajstić information content (AvgIpc) is 2.88. The number of aryl methyl sites for hydroxylation is 1. The molecule has 0 N–H and O–H groups in total. The summed E-state index contributed by atoms with van der Waals surface area (Å²) in [5, 5.41) is 11.1. The van der Waals surface area contributed by atoms with E-state index in [-0.39, 0.29) is 27.8 Å². The van der Waals surface area contributed by atoms with Crippen molar-refractivity contribution in [2.75, 3.05) is 0 Å².